The van der Waals surface area contributed by atoms with Crippen LogP contribution in [0, 0.1) is 10.1 Å². The lowest BCUT2D eigenvalue weighted by Crippen LogP contribution is -2.40. The van der Waals surface area contributed by atoms with E-state index in [2.05, 4.69) is 10.3 Å². The molecule has 146 valence electrons. The Morgan fingerprint density at radius 2 is 2.12 bits per heavy atom. The average Bonchev–Trinajstić information content (AvgIpc) is 2.93. The number of amides is 1. The molecule has 1 rings (SSSR count). The summed E-state index contributed by atoms with van der Waals surface area (Å²) >= 11 is 0. The number of ether oxygens (including phenoxy) is 2. The maximum Gasteiger partial charge on any atom is 0.434 e. The lowest BCUT2D eigenvalue weighted by Gasteiger charge is -2.23. The predicted octanol–water partition coefficient (Wildman–Crippen LogP) is 2.42. The minimum Gasteiger partial charge on any atom is -0.466 e. The molecule has 1 atom stereocenters. The normalized spacial score (nSPS) is 12.3. The number of hydrogen-bond donors (Lipinski definition) is 1. The largest absolute Gasteiger partial charge is 0.466 e. The minimum atomic E-state index is -0.657. The minimum absolute atomic E-state index is 0.000888. The summed E-state index contributed by atoms with van der Waals surface area (Å²) in [5.74, 6) is -0.672. The Bertz CT molecular complexity index is 623. The Kier molecular flexibility index (Phi) is 8.01. The fraction of sp³-hybridized carbons (Fsp3) is 0.688. The van der Waals surface area contributed by atoms with E-state index in [4.69, 9.17) is 9.47 Å². The number of nitrogens with one attached hydrogen (secondary N) is 1. The monoisotopic (exact) mass is 370 g/mol. The quantitative estimate of drug-likeness (QED) is 0.402. The maximum absolute atomic E-state index is 12.0. The van der Waals surface area contributed by atoms with Gasteiger partial charge in [-0.15, -0.1) is 0 Å². The average molecular weight is 370 g/mol. The van der Waals surface area contributed by atoms with Gasteiger partial charge < -0.3 is 24.9 Å². The van der Waals surface area contributed by atoms with Gasteiger partial charge >= 0.3 is 18.0 Å². The summed E-state index contributed by atoms with van der Waals surface area (Å²) in [4.78, 5) is 37.7. The van der Waals surface area contributed by atoms with Crippen molar-refractivity contribution in [2.75, 3.05) is 6.61 Å². The Balaban J connectivity index is 2.63. The maximum atomic E-state index is 12.0. The van der Waals surface area contributed by atoms with E-state index in [-0.39, 0.29) is 19.0 Å². The molecule has 10 nitrogen and oxygen atoms in total. The zero-order chi connectivity index (χ0) is 19.7. The van der Waals surface area contributed by atoms with Crippen LogP contribution in [-0.4, -0.2) is 44.8 Å². The fourth-order valence-corrected chi connectivity index (χ4v) is 2.28. The molecule has 1 heterocycles. The van der Waals surface area contributed by atoms with Crippen LogP contribution in [0.1, 0.15) is 47.0 Å². The number of hydrogen-bond acceptors (Lipinski definition) is 7. The van der Waals surface area contributed by atoms with Gasteiger partial charge in [0.15, 0.2) is 0 Å². The van der Waals surface area contributed by atoms with Crippen molar-refractivity contribution < 1.29 is 24.0 Å². The van der Waals surface area contributed by atoms with Crippen LogP contribution in [0.25, 0.3) is 0 Å². The zero-order valence-corrected chi connectivity index (χ0v) is 15.6. The molecule has 1 aromatic heterocycles. The van der Waals surface area contributed by atoms with Crippen molar-refractivity contribution in [2.24, 2.45) is 0 Å². The highest BCUT2D eigenvalue weighted by Gasteiger charge is 2.22. The molecule has 0 bridgehead atoms. The van der Waals surface area contributed by atoms with Crippen LogP contribution in [-0.2, 0) is 20.8 Å². The summed E-state index contributed by atoms with van der Waals surface area (Å²) in [6.45, 7) is 7.51. The summed E-state index contributed by atoms with van der Waals surface area (Å²) in [5.41, 5.74) is -0.657. The second-order valence-corrected chi connectivity index (χ2v) is 6.67. The van der Waals surface area contributed by atoms with Crippen molar-refractivity contribution in [2.45, 2.75) is 65.1 Å². The van der Waals surface area contributed by atoms with E-state index >= 15 is 0 Å². The molecule has 0 aliphatic carbocycles. The number of rotatable bonds is 9. The van der Waals surface area contributed by atoms with Crippen LogP contribution < -0.4 is 5.32 Å². The highest BCUT2D eigenvalue weighted by molar-refractivity contribution is 5.72. The predicted molar refractivity (Wildman–Crippen MR) is 92.5 cm³/mol. The summed E-state index contributed by atoms with van der Waals surface area (Å²) in [6.07, 6.45) is 3.16. The Morgan fingerprint density at radius 1 is 1.42 bits per heavy atom. The van der Waals surface area contributed by atoms with Crippen molar-refractivity contribution >= 4 is 18.0 Å². The third-order valence-corrected chi connectivity index (χ3v) is 3.25. The van der Waals surface area contributed by atoms with Gasteiger partial charge in [-0.05, 0) is 45.5 Å². The van der Waals surface area contributed by atoms with Crippen molar-refractivity contribution in [1.82, 2.24) is 14.9 Å². The fourth-order valence-electron chi connectivity index (χ4n) is 2.28. The van der Waals surface area contributed by atoms with Crippen molar-refractivity contribution in [3.05, 3.63) is 22.5 Å². The molecule has 0 spiro atoms. The van der Waals surface area contributed by atoms with Crippen LogP contribution in [0.3, 0.4) is 0 Å². The van der Waals surface area contributed by atoms with Crippen molar-refractivity contribution in [3.63, 3.8) is 0 Å². The number of aromatic nitrogens is 2. The number of esters is 1. The van der Waals surface area contributed by atoms with Crippen LogP contribution >= 0.6 is 0 Å². The molecule has 0 saturated heterocycles. The molecule has 1 N–H and O–H groups in total. The zero-order valence-electron chi connectivity index (χ0n) is 15.6. The number of alkyl carbamates (subject to hydrolysis) is 1. The second-order valence-electron chi connectivity index (χ2n) is 6.67. The highest BCUT2D eigenvalue weighted by atomic mass is 16.6. The van der Waals surface area contributed by atoms with Gasteiger partial charge in [0.1, 0.15) is 18.0 Å². The first-order valence-corrected chi connectivity index (χ1v) is 8.43. The van der Waals surface area contributed by atoms with Gasteiger partial charge in [0.2, 0.25) is 0 Å². The summed E-state index contributed by atoms with van der Waals surface area (Å²) in [7, 11) is 0. The smallest absolute Gasteiger partial charge is 0.434 e. The van der Waals surface area contributed by atoms with Crippen LogP contribution in [0.15, 0.2) is 12.4 Å². The Hall–Kier alpha value is -2.65. The van der Waals surface area contributed by atoms with Crippen LogP contribution in [0.5, 0.6) is 0 Å². The molecule has 0 aliphatic heterocycles. The van der Waals surface area contributed by atoms with E-state index < -0.39 is 28.6 Å². The van der Waals surface area contributed by atoms with Crippen LogP contribution in [0.4, 0.5) is 10.7 Å². The van der Waals surface area contributed by atoms with E-state index in [0.717, 1.165) is 0 Å². The first kappa shape index (κ1) is 21.4. The number of nitrogens with zero attached hydrogens (tertiary/aromatic N) is 3. The van der Waals surface area contributed by atoms with Crippen molar-refractivity contribution in [1.29, 1.82) is 0 Å². The van der Waals surface area contributed by atoms with Crippen molar-refractivity contribution in [3.8, 4) is 0 Å². The third kappa shape index (κ3) is 7.95. The van der Waals surface area contributed by atoms with E-state index in [1.54, 1.807) is 27.7 Å². The highest BCUT2D eigenvalue weighted by Crippen LogP contribution is 2.13. The summed E-state index contributed by atoms with van der Waals surface area (Å²) < 4.78 is 11.5. The molecule has 1 amide bonds. The third-order valence-electron chi connectivity index (χ3n) is 3.25. The molecule has 0 aliphatic rings. The van der Waals surface area contributed by atoms with Gasteiger partial charge in [0.25, 0.3) is 0 Å². The Morgan fingerprint density at radius 3 is 2.69 bits per heavy atom. The summed E-state index contributed by atoms with van der Waals surface area (Å²) in [5, 5.41) is 13.5. The first-order chi connectivity index (χ1) is 12.1. The Labute approximate surface area is 152 Å². The number of carbonyl (C=O) groups is 2. The number of imidazole rings is 1. The molecule has 10 heteroatoms. The van der Waals surface area contributed by atoms with E-state index in [1.165, 1.54) is 17.0 Å². The molecular formula is C16H26N4O6. The van der Waals surface area contributed by atoms with Crippen LogP contribution in [0.2, 0.25) is 0 Å². The number of carbonyl (C=O) groups excluding carboxylic acids is 2. The molecule has 0 fully saturated rings. The molecule has 0 saturated carbocycles. The SMILES string of the molecule is CCOC(=O)C[C@H](CCCn1ccnc1[N+](=O)[O-])NC(=O)OC(C)(C)C. The van der Waals surface area contributed by atoms with Gasteiger partial charge in [0, 0.05) is 6.04 Å². The van der Waals surface area contributed by atoms with Gasteiger partial charge in [-0.25, -0.2) is 9.36 Å². The molecule has 0 radical (unpaired) electrons. The standard InChI is InChI=1S/C16H26N4O6/c1-5-25-13(21)11-12(18-15(22)26-16(2,3)4)7-6-9-19-10-8-17-14(19)20(23)24/h8,10,12H,5-7,9,11H2,1-4H3,(H,18,22)/t12-/m0/s1. The lowest BCUT2D eigenvalue weighted by molar-refractivity contribution is -0.396. The van der Waals surface area contributed by atoms with Gasteiger partial charge in [-0.3, -0.25) is 4.79 Å². The first-order valence-electron chi connectivity index (χ1n) is 8.43. The lowest BCUT2D eigenvalue weighted by atomic mass is 10.1. The molecule has 1 aromatic rings. The summed E-state index contributed by atoms with van der Waals surface area (Å²) in [6, 6.07) is -0.494. The van der Waals surface area contributed by atoms with E-state index in [9.17, 15) is 19.7 Å². The molecule has 26 heavy (non-hydrogen) atoms. The van der Waals surface area contributed by atoms with Gasteiger partial charge in [0.05, 0.1) is 19.6 Å². The van der Waals surface area contributed by atoms with Gasteiger partial charge in [-0.1, -0.05) is 4.98 Å². The number of nitro groups is 1. The number of aryl methyl sites for hydroxylation is 1. The second kappa shape index (κ2) is 9.73. The molecule has 0 unspecified atom stereocenters. The molecule has 0 aromatic carbocycles. The van der Waals surface area contributed by atoms with E-state index in [0.29, 0.717) is 19.4 Å². The molecular weight excluding hydrogens is 344 g/mol. The van der Waals surface area contributed by atoms with Gasteiger partial charge in [-0.2, -0.15) is 0 Å². The topological polar surface area (TPSA) is 126 Å². The van der Waals surface area contributed by atoms with E-state index in [1.807, 2.05) is 0 Å².